The third-order valence-corrected chi connectivity index (χ3v) is 8.02. The summed E-state index contributed by atoms with van der Waals surface area (Å²) in [6.07, 6.45) is 9.97. The summed E-state index contributed by atoms with van der Waals surface area (Å²) in [5.41, 5.74) is 1.50. The molecule has 0 spiro atoms. The summed E-state index contributed by atoms with van der Waals surface area (Å²) in [4.78, 5) is 21.9. The predicted molar refractivity (Wildman–Crippen MR) is 112 cm³/mol. The van der Waals surface area contributed by atoms with Crippen molar-refractivity contribution in [3.63, 3.8) is 0 Å². The Morgan fingerprint density at radius 3 is 2.34 bits per heavy atom. The molecule has 3 fully saturated rings. The Hall–Kier alpha value is -1.51. The van der Waals surface area contributed by atoms with Gasteiger partial charge >= 0.3 is 0 Å². The van der Waals surface area contributed by atoms with Crippen LogP contribution in [0.2, 0.25) is 0 Å². The topological polar surface area (TPSA) is 73.8 Å². The van der Waals surface area contributed by atoms with Crippen molar-refractivity contribution in [2.24, 2.45) is 0 Å². The first-order chi connectivity index (χ1) is 13.9. The van der Waals surface area contributed by atoms with Gasteiger partial charge in [-0.05, 0) is 37.8 Å². The minimum absolute atomic E-state index is 0.0523. The minimum atomic E-state index is -3.17. The highest BCUT2D eigenvalue weighted by molar-refractivity contribution is 7.88. The highest BCUT2D eigenvalue weighted by atomic mass is 32.2. The summed E-state index contributed by atoms with van der Waals surface area (Å²) in [6, 6.07) is 4.47. The quantitative estimate of drug-likeness (QED) is 0.744. The molecule has 1 aliphatic carbocycles. The van der Waals surface area contributed by atoms with Gasteiger partial charge in [0.25, 0.3) is 5.91 Å². The molecule has 0 radical (unpaired) electrons. The van der Waals surface area contributed by atoms with Crippen LogP contribution in [-0.2, 0) is 10.0 Å². The van der Waals surface area contributed by atoms with Crippen LogP contribution in [0.5, 0.6) is 0 Å². The van der Waals surface area contributed by atoms with Crippen molar-refractivity contribution in [2.45, 2.75) is 50.5 Å². The molecule has 29 heavy (non-hydrogen) atoms. The van der Waals surface area contributed by atoms with Crippen molar-refractivity contribution in [1.29, 1.82) is 0 Å². The average molecular weight is 421 g/mol. The number of hydrogen-bond donors (Lipinski definition) is 0. The Morgan fingerprint density at radius 1 is 1.00 bits per heavy atom. The number of rotatable bonds is 4. The highest BCUT2D eigenvalue weighted by Gasteiger charge is 2.30. The first kappa shape index (κ1) is 20.8. The maximum atomic E-state index is 12.9. The standard InChI is InChI=1S/C21H32N4O3S/c1-29(27,28)25-10-4-5-18(16-25)20-9-8-17(15-22-20)21(26)24-13-11-23(12-14-24)19-6-2-3-7-19/h8-9,15,18-19H,2-7,10-14,16H2,1H3. The smallest absolute Gasteiger partial charge is 0.255 e. The number of aromatic nitrogens is 1. The minimum Gasteiger partial charge on any atom is -0.336 e. The van der Waals surface area contributed by atoms with Gasteiger partial charge in [-0.2, -0.15) is 0 Å². The summed E-state index contributed by atoms with van der Waals surface area (Å²) < 4.78 is 25.2. The zero-order chi connectivity index (χ0) is 20.4. The van der Waals surface area contributed by atoms with Gasteiger partial charge in [0.1, 0.15) is 0 Å². The van der Waals surface area contributed by atoms with E-state index in [1.165, 1.54) is 36.2 Å². The second-order valence-corrected chi connectivity index (χ2v) is 10.7. The molecule has 160 valence electrons. The van der Waals surface area contributed by atoms with Gasteiger partial charge < -0.3 is 4.90 Å². The lowest BCUT2D eigenvalue weighted by Crippen LogP contribution is -2.51. The van der Waals surface area contributed by atoms with Gasteiger partial charge in [0.2, 0.25) is 10.0 Å². The number of amides is 1. The first-order valence-electron chi connectivity index (χ1n) is 10.9. The third kappa shape index (κ3) is 4.81. The van der Waals surface area contributed by atoms with Crippen LogP contribution in [0.15, 0.2) is 18.3 Å². The van der Waals surface area contributed by atoms with Crippen LogP contribution in [0.1, 0.15) is 60.5 Å². The van der Waals surface area contributed by atoms with Gasteiger partial charge in [-0.1, -0.05) is 12.8 Å². The fourth-order valence-electron chi connectivity index (χ4n) is 5.00. The highest BCUT2D eigenvalue weighted by Crippen LogP contribution is 2.27. The van der Waals surface area contributed by atoms with Crippen molar-refractivity contribution in [3.8, 4) is 0 Å². The zero-order valence-corrected chi connectivity index (χ0v) is 18.1. The largest absolute Gasteiger partial charge is 0.336 e. The van der Waals surface area contributed by atoms with E-state index in [1.807, 2.05) is 17.0 Å². The van der Waals surface area contributed by atoms with Crippen molar-refractivity contribution >= 4 is 15.9 Å². The number of pyridine rings is 1. The van der Waals surface area contributed by atoms with E-state index < -0.39 is 10.0 Å². The monoisotopic (exact) mass is 420 g/mol. The molecular formula is C21H32N4O3S. The molecule has 1 amide bonds. The molecule has 3 aliphatic rings. The van der Waals surface area contributed by atoms with E-state index in [1.54, 1.807) is 6.20 Å². The number of carbonyl (C=O) groups excluding carboxylic acids is 1. The van der Waals surface area contributed by atoms with Crippen LogP contribution in [0.25, 0.3) is 0 Å². The molecule has 1 unspecified atom stereocenters. The Kier molecular flexibility index (Phi) is 6.22. The molecule has 8 heteroatoms. The first-order valence-corrected chi connectivity index (χ1v) is 12.7. The molecular weight excluding hydrogens is 388 g/mol. The van der Waals surface area contributed by atoms with E-state index in [-0.39, 0.29) is 11.8 Å². The fourth-order valence-corrected chi connectivity index (χ4v) is 5.91. The predicted octanol–water partition coefficient (Wildman–Crippen LogP) is 1.92. The molecule has 0 aromatic carbocycles. The third-order valence-electron chi connectivity index (χ3n) is 6.75. The number of piperazine rings is 1. The van der Waals surface area contributed by atoms with Crippen molar-refractivity contribution in [3.05, 3.63) is 29.6 Å². The second kappa shape index (κ2) is 8.70. The summed E-state index contributed by atoms with van der Waals surface area (Å²) in [7, 11) is -3.17. The molecule has 0 N–H and O–H groups in total. The molecule has 1 aromatic rings. The molecule has 1 aromatic heterocycles. The molecule has 2 aliphatic heterocycles. The van der Waals surface area contributed by atoms with Gasteiger partial charge in [-0.25, -0.2) is 12.7 Å². The molecule has 0 bridgehead atoms. The van der Waals surface area contributed by atoms with E-state index in [2.05, 4.69) is 9.88 Å². The van der Waals surface area contributed by atoms with Crippen LogP contribution >= 0.6 is 0 Å². The van der Waals surface area contributed by atoms with Crippen LogP contribution in [0, 0.1) is 0 Å². The van der Waals surface area contributed by atoms with Crippen LogP contribution in [0.3, 0.4) is 0 Å². The normalized spacial score (nSPS) is 25.4. The Bertz CT molecular complexity index is 813. The Morgan fingerprint density at radius 2 is 1.72 bits per heavy atom. The van der Waals surface area contributed by atoms with E-state index in [4.69, 9.17) is 0 Å². The number of carbonyl (C=O) groups is 1. The van der Waals surface area contributed by atoms with Crippen LogP contribution < -0.4 is 0 Å². The van der Waals surface area contributed by atoms with Crippen molar-refractivity contribution < 1.29 is 13.2 Å². The lowest BCUT2D eigenvalue weighted by atomic mass is 9.95. The van der Waals surface area contributed by atoms with Crippen molar-refractivity contribution in [1.82, 2.24) is 19.1 Å². The van der Waals surface area contributed by atoms with Crippen LogP contribution in [-0.4, -0.2) is 85.0 Å². The van der Waals surface area contributed by atoms with E-state index in [0.29, 0.717) is 18.7 Å². The van der Waals surface area contributed by atoms with Gasteiger partial charge in [0, 0.05) is 63.1 Å². The number of sulfonamides is 1. The van der Waals surface area contributed by atoms with E-state index in [9.17, 15) is 13.2 Å². The summed E-state index contributed by atoms with van der Waals surface area (Å²) >= 11 is 0. The summed E-state index contributed by atoms with van der Waals surface area (Å²) in [5, 5.41) is 0. The van der Waals surface area contributed by atoms with Gasteiger partial charge in [0.05, 0.1) is 11.8 Å². The maximum absolute atomic E-state index is 12.9. The molecule has 7 nitrogen and oxygen atoms in total. The maximum Gasteiger partial charge on any atom is 0.255 e. The number of hydrogen-bond acceptors (Lipinski definition) is 5. The second-order valence-electron chi connectivity index (χ2n) is 8.70. The SMILES string of the molecule is CS(=O)(=O)N1CCCC(c2ccc(C(=O)N3CCN(C4CCCC4)CC3)cn2)C1. The van der Waals surface area contributed by atoms with Crippen molar-refractivity contribution in [2.75, 3.05) is 45.5 Å². The van der Waals surface area contributed by atoms with E-state index >= 15 is 0 Å². The fraction of sp³-hybridized carbons (Fsp3) is 0.714. The Labute approximate surface area is 174 Å². The van der Waals surface area contributed by atoms with E-state index in [0.717, 1.165) is 50.8 Å². The molecule has 2 saturated heterocycles. The number of piperidine rings is 1. The zero-order valence-electron chi connectivity index (χ0n) is 17.3. The summed E-state index contributed by atoms with van der Waals surface area (Å²) in [6.45, 7) is 4.55. The molecule has 3 heterocycles. The lowest BCUT2D eigenvalue weighted by Gasteiger charge is -2.38. The van der Waals surface area contributed by atoms with Gasteiger partial charge in [-0.3, -0.25) is 14.7 Å². The van der Waals surface area contributed by atoms with Crippen LogP contribution in [0.4, 0.5) is 0 Å². The Balaban J connectivity index is 1.35. The van der Waals surface area contributed by atoms with Gasteiger partial charge in [-0.15, -0.1) is 0 Å². The lowest BCUT2D eigenvalue weighted by molar-refractivity contribution is 0.0573. The van der Waals surface area contributed by atoms with Gasteiger partial charge in [0.15, 0.2) is 0 Å². The molecule has 1 saturated carbocycles. The number of nitrogens with zero attached hydrogens (tertiary/aromatic N) is 4. The summed E-state index contributed by atoms with van der Waals surface area (Å²) in [5.74, 6) is 0.147. The molecule has 1 atom stereocenters. The molecule has 4 rings (SSSR count). The average Bonchev–Trinajstić information content (AvgIpc) is 3.28.